The molecule has 4 saturated carbocycles. The van der Waals surface area contributed by atoms with Gasteiger partial charge in [-0.2, -0.15) is 5.10 Å². The molecule has 4 aliphatic carbocycles. The quantitative estimate of drug-likeness (QED) is 0.868. The third-order valence-corrected chi connectivity index (χ3v) is 6.44. The second-order valence-corrected chi connectivity index (χ2v) is 8.28. The van der Waals surface area contributed by atoms with Crippen molar-refractivity contribution >= 4 is 11.9 Å². The lowest BCUT2D eigenvalue weighted by Gasteiger charge is -2.57. The van der Waals surface area contributed by atoms with Crippen LogP contribution in [0.4, 0.5) is 0 Å². The van der Waals surface area contributed by atoms with Crippen LogP contribution in [-0.4, -0.2) is 33.3 Å². The van der Waals surface area contributed by atoms with Gasteiger partial charge in [0.15, 0.2) is 0 Å². The van der Waals surface area contributed by atoms with Gasteiger partial charge in [-0.1, -0.05) is 0 Å². The normalized spacial score (nSPS) is 35.0. The van der Waals surface area contributed by atoms with Crippen LogP contribution in [0.3, 0.4) is 0 Å². The first kappa shape index (κ1) is 15.7. The molecule has 0 aromatic carbocycles. The van der Waals surface area contributed by atoms with Crippen LogP contribution in [-0.2, 0) is 4.79 Å². The number of carboxylic acids is 1. The van der Waals surface area contributed by atoms with Crippen LogP contribution in [0.15, 0.2) is 12.3 Å². The van der Waals surface area contributed by atoms with Crippen molar-refractivity contribution in [2.24, 2.45) is 23.2 Å². The number of carbonyl (C=O) groups excluding carboxylic acids is 1. The average molecular weight is 331 g/mol. The summed E-state index contributed by atoms with van der Waals surface area (Å²) in [5.41, 5.74) is 0.330. The Morgan fingerprint density at radius 2 is 1.88 bits per heavy atom. The smallest absolute Gasteiger partial charge is 0.354 e. The van der Waals surface area contributed by atoms with Gasteiger partial charge in [0.2, 0.25) is 5.91 Å². The number of hydrogen-bond donors (Lipinski definition) is 2. The number of amides is 1. The number of rotatable bonds is 5. The number of nitrogens with one attached hydrogen (secondary N) is 1. The van der Waals surface area contributed by atoms with Gasteiger partial charge in [-0.25, -0.2) is 9.48 Å². The summed E-state index contributed by atoms with van der Waals surface area (Å²) in [5.74, 6) is 1.37. The Bertz CT molecular complexity index is 631. The molecule has 0 spiro atoms. The molecule has 1 aromatic rings. The summed E-state index contributed by atoms with van der Waals surface area (Å²) in [6, 6.07) is 0.811. The Balaban J connectivity index is 1.41. The summed E-state index contributed by atoms with van der Waals surface area (Å²) in [7, 11) is 0. The maximum atomic E-state index is 12.5. The molecule has 2 N–H and O–H groups in total. The fraction of sp³-hybridized carbons (Fsp3) is 0.722. The van der Waals surface area contributed by atoms with Crippen molar-refractivity contribution in [1.82, 2.24) is 15.1 Å². The first-order chi connectivity index (χ1) is 11.5. The van der Waals surface area contributed by atoms with Gasteiger partial charge in [0.05, 0.1) is 0 Å². The largest absolute Gasteiger partial charge is 0.477 e. The van der Waals surface area contributed by atoms with Crippen LogP contribution in [0.2, 0.25) is 0 Å². The summed E-state index contributed by atoms with van der Waals surface area (Å²) < 4.78 is 1.29. The molecule has 5 rings (SSSR count). The van der Waals surface area contributed by atoms with E-state index in [1.165, 1.54) is 55.5 Å². The maximum Gasteiger partial charge on any atom is 0.354 e. The standard InChI is InChI=1S/C18H25N3O3/c1-11(21-15(17(23)24)2-3-20-21)16(22)19-10-18-7-12-4-13(8-18)6-14(5-12)9-18/h2-3,11-14H,4-10H2,1H3,(H,19,22)(H,23,24). The second-order valence-electron chi connectivity index (χ2n) is 8.28. The summed E-state index contributed by atoms with van der Waals surface area (Å²) in [6.45, 7) is 2.43. The van der Waals surface area contributed by atoms with Crippen LogP contribution in [0, 0.1) is 23.2 Å². The first-order valence-corrected chi connectivity index (χ1v) is 9.00. The highest BCUT2D eigenvalue weighted by Crippen LogP contribution is 2.59. The van der Waals surface area contributed by atoms with E-state index < -0.39 is 12.0 Å². The van der Waals surface area contributed by atoms with Crippen molar-refractivity contribution in [3.05, 3.63) is 18.0 Å². The zero-order chi connectivity index (χ0) is 16.9. The van der Waals surface area contributed by atoms with Crippen molar-refractivity contribution in [2.45, 2.75) is 51.5 Å². The SMILES string of the molecule is CC(C(=O)NCC12CC3CC(CC(C3)C1)C2)n1nccc1C(=O)O. The van der Waals surface area contributed by atoms with Crippen LogP contribution < -0.4 is 5.32 Å². The maximum absolute atomic E-state index is 12.5. The third kappa shape index (κ3) is 2.62. The Morgan fingerprint density at radius 3 is 2.42 bits per heavy atom. The highest BCUT2D eigenvalue weighted by atomic mass is 16.4. The molecule has 24 heavy (non-hydrogen) atoms. The number of nitrogens with zero attached hydrogens (tertiary/aromatic N) is 2. The first-order valence-electron chi connectivity index (χ1n) is 9.00. The molecule has 4 bridgehead atoms. The van der Waals surface area contributed by atoms with E-state index in [2.05, 4.69) is 10.4 Å². The van der Waals surface area contributed by atoms with Crippen molar-refractivity contribution in [2.75, 3.05) is 6.54 Å². The molecule has 0 radical (unpaired) electrons. The Morgan fingerprint density at radius 1 is 1.29 bits per heavy atom. The van der Waals surface area contributed by atoms with Crippen LogP contribution in [0.5, 0.6) is 0 Å². The molecular weight excluding hydrogens is 306 g/mol. The predicted molar refractivity (Wildman–Crippen MR) is 87.5 cm³/mol. The average Bonchev–Trinajstić information content (AvgIpc) is 3.00. The summed E-state index contributed by atoms with van der Waals surface area (Å²) >= 11 is 0. The predicted octanol–water partition coefficient (Wildman–Crippen LogP) is 2.47. The zero-order valence-electron chi connectivity index (χ0n) is 14.1. The highest BCUT2D eigenvalue weighted by Gasteiger charge is 2.50. The fourth-order valence-electron chi connectivity index (χ4n) is 5.83. The lowest BCUT2D eigenvalue weighted by molar-refractivity contribution is -0.126. The summed E-state index contributed by atoms with van der Waals surface area (Å²) in [5, 5.41) is 16.3. The van der Waals surface area contributed by atoms with Gasteiger partial charge in [0, 0.05) is 12.7 Å². The molecular formula is C18H25N3O3. The number of hydrogen-bond acceptors (Lipinski definition) is 3. The van der Waals surface area contributed by atoms with Crippen molar-refractivity contribution < 1.29 is 14.7 Å². The van der Waals surface area contributed by atoms with Crippen molar-refractivity contribution in [3.63, 3.8) is 0 Å². The molecule has 1 atom stereocenters. The highest BCUT2D eigenvalue weighted by molar-refractivity contribution is 5.87. The van der Waals surface area contributed by atoms with Gasteiger partial charge in [0.25, 0.3) is 0 Å². The van der Waals surface area contributed by atoms with E-state index in [1.807, 2.05) is 0 Å². The Kier molecular flexibility index (Phi) is 3.66. The van der Waals surface area contributed by atoms with E-state index in [0.717, 1.165) is 24.3 Å². The van der Waals surface area contributed by atoms with E-state index in [-0.39, 0.29) is 17.0 Å². The van der Waals surface area contributed by atoms with E-state index in [4.69, 9.17) is 0 Å². The summed E-state index contributed by atoms with van der Waals surface area (Å²) in [4.78, 5) is 23.7. The second kappa shape index (κ2) is 5.60. The number of carbonyl (C=O) groups is 2. The lowest BCUT2D eigenvalue weighted by atomic mass is 9.49. The molecule has 1 aromatic heterocycles. The Hall–Kier alpha value is -1.85. The molecule has 0 saturated heterocycles. The molecule has 130 valence electrons. The molecule has 0 aliphatic heterocycles. The summed E-state index contributed by atoms with van der Waals surface area (Å²) in [6.07, 6.45) is 9.32. The van der Waals surface area contributed by atoms with Gasteiger partial charge < -0.3 is 10.4 Å². The van der Waals surface area contributed by atoms with E-state index in [1.54, 1.807) is 6.92 Å². The van der Waals surface area contributed by atoms with Gasteiger partial charge >= 0.3 is 5.97 Å². The molecule has 1 heterocycles. The van der Waals surface area contributed by atoms with Crippen molar-refractivity contribution in [3.8, 4) is 0 Å². The minimum Gasteiger partial charge on any atom is -0.477 e. The van der Waals surface area contributed by atoms with Gasteiger partial charge in [-0.15, -0.1) is 0 Å². The molecule has 6 heteroatoms. The minimum absolute atomic E-state index is 0.0486. The third-order valence-electron chi connectivity index (χ3n) is 6.44. The molecule has 4 fully saturated rings. The van der Waals surface area contributed by atoms with Gasteiger partial charge in [-0.3, -0.25) is 4.79 Å². The Labute approximate surface area is 141 Å². The lowest BCUT2D eigenvalue weighted by Crippen LogP contribution is -2.51. The fourth-order valence-corrected chi connectivity index (χ4v) is 5.83. The van der Waals surface area contributed by atoms with E-state index in [9.17, 15) is 14.7 Å². The van der Waals surface area contributed by atoms with E-state index in [0.29, 0.717) is 0 Å². The molecule has 4 aliphatic rings. The topological polar surface area (TPSA) is 84.2 Å². The van der Waals surface area contributed by atoms with Crippen molar-refractivity contribution in [1.29, 1.82) is 0 Å². The van der Waals surface area contributed by atoms with Gasteiger partial charge in [-0.05, 0) is 74.7 Å². The van der Waals surface area contributed by atoms with Crippen LogP contribution >= 0.6 is 0 Å². The monoisotopic (exact) mass is 331 g/mol. The number of aromatic nitrogens is 2. The van der Waals surface area contributed by atoms with Gasteiger partial charge in [0.1, 0.15) is 11.7 Å². The molecule has 1 amide bonds. The molecule has 6 nitrogen and oxygen atoms in total. The van der Waals surface area contributed by atoms with E-state index >= 15 is 0 Å². The molecule has 1 unspecified atom stereocenters. The van der Waals surface area contributed by atoms with Crippen LogP contribution in [0.25, 0.3) is 0 Å². The number of carboxylic acid groups (broad SMARTS) is 1. The zero-order valence-corrected chi connectivity index (χ0v) is 14.1. The van der Waals surface area contributed by atoms with Crippen LogP contribution in [0.1, 0.15) is 62.0 Å². The minimum atomic E-state index is -1.06. The number of aromatic carboxylic acids is 1.